The Balaban J connectivity index is 1.49. The normalized spacial score (nSPS) is 30.1. The summed E-state index contributed by atoms with van der Waals surface area (Å²) < 4.78 is 42.4. The number of carbonyl (C=O) groups excluding carboxylic acids is 1. The van der Waals surface area contributed by atoms with Crippen molar-refractivity contribution in [2.75, 3.05) is 19.6 Å². The summed E-state index contributed by atoms with van der Waals surface area (Å²) >= 11 is 0. The lowest BCUT2D eigenvalue weighted by atomic mass is 9.48. The standard InChI is InChI=1S/C32H40N2O6S/c1-5-16-33-17-15-31-28-24-11-12-26(39-22(4)35)29(28)40-30(31)25(13-14-32(31,36)27(33)18-24)34(19-21(2)3)41(37,38)20-23-9-7-6-8-10-23/h5-12,21,25,27,30,36H,1,13-20H2,2-4H3/t25-,27+,30?,31-,32+/m0/s1. The molecule has 41 heavy (non-hydrogen) atoms. The van der Waals surface area contributed by atoms with Crippen molar-refractivity contribution >= 4 is 16.0 Å². The molecular formula is C32H40N2O6S. The molecule has 8 nitrogen and oxygen atoms in total. The van der Waals surface area contributed by atoms with Crippen molar-refractivity contribution in [3.63, 3.8) is 0 Å². The molecule has 1 saturated heterocycles. The average Bonchev–Trinajstić information content (AvgIpc) is 3.26. The molecular weight excluding hydrogens is 540 g/mol. The molecule has 2 heterocycles. The van der Waals surface area contributed by atoms with Gasteiger partial charge in [-0.1, -0.05) is 56.3 Å². The minimum Gasteiger partial charge on any atom is -0.483 e. The fraction of sp³-hybridized carbons (Fsp3) is 0.531. The number of esters is 1. The Morgan fingerprint density at radius 2 is 2.00 bits per heavy atom. The molecule has 1 unspecified atom stereocenters. The third kappa shape index (κ3) is 4.35. The van der Waals surface area contributed by atoms with Crippen LogP contribution in [0.5, 0.6) is 11.5 Å². The highest BCUT2D eigenvalue weighted by Gasteiger charge is 2.73. The first kappa shape index (κ1) is 28.4. The summed E-state index contributed by atoms with van der Waals surface area (Å²) in [5.74, 6) is 0.339. The predicted molar refractivity (Wildman–Crippen MR) is 156 cm³/mol. The molecule has 4 aliphatic rings. The van der Waals surface area contributed by atoms with E-state index in [9.17, 15) is 18.3 Å². The van der Waals surface area contributed by atoms with Crippen molar-refractivity contribution in [3.05, 3.63) is 71.8 Å². The van der Waals surface area contributed by atoms with Gasteiger partial charge in [-0.2, -0.15) is 4.31 Å². The zero-order valence-corrected chi connectivity index (χ0v) is 24.9. The van der Waals surface area contributed by atoms with Crippen LogP contribution in [-0.2, 0) is 32.4 Å². The second kappa shape index (κ2) is 10.2. The van der Waals surface area contributed by atoms with Gasteiger partial charge in [-0.25, -0.2) is 8.42 Å². The zero-order chi connectivity index (χ0) is 29.2. The molecule has 2 bridgehead atoms. The Labute approximate surface area is 243 Å². The summed E-state index contributed by atoms with van der Waals surface area (Å²) in [5.41, 5.74) is 0.736. The van der Waals surface area contributed by atoms with E-state index in [2.05, 4.69) is 11.5 Å². The summed E-state index contributed by atoms with van der Waals surface area (Å²) in [6, 6.07) is 12.4. The third-order valence-electron chi connectivity index (χ3n) is 9.61. The number of sulfonamides is 1. The maximum absolute atomic E-state index is 14.2. The van der Waals surface area contributed by atoms with Gasteiger partial charge in [-0.3, -0.25) is 9.69 Å². The first-order valence-electron chi connectivity index (χ1n) is 14.6. The van der Waals surface area contributed by atoms with Gasteiger partial charge in [0.05, 0.1) is 22.8 Å². The van der Waals surface area contributed by atoms with Gasteiger partial charge in [-0.05, 0) is 55.3 Å². The first-order valence-corrected chi connectivity index (χ1v) is 16.2. The van der Waals surface area contributed by atoms with Crippen molar-refractivity contribution < 1.29 is 27.8 Å². The minimum absolute atomic E-state index is 0.0864. The average molecular weight is 581 g/mol. The van der Waals surface area contributed by atoms with Crippen LogP contribution in [0.1, 0.15) is 56.7 Å². The molecule has 1 spiro atoms. The quantitative estimate of drug-likeness (QED) is 0.274. The van der Waals surface area contributed by atoms with Crippen molar-refractivity contribution in [1.82, 2.24) is 9.21 Å². The molecule has 0 amide bonds. The van der Waals surface area contributed by atoms with E-state index in [1.54, 1.807) is 10.4 Å². The van der Waals surface area contributed by atoms with E-state index in [-0.39, 0.29) is 17.7 Å². The number of carbonyl (C=O) groups is 1. The Bertz CT molecular complexity index is 1460. The lowest BCUT2D eigenvalue weighted by Crippen LogP contribution is -2.78. The van der Waals surface area contributed by atoms with E-state index in [1.807, 2.05) is 56.3 Å². The Hall–Kier alpha value is -2.72. The van der Waals surface area contributed by atoms with E-state index in [4.69, 9.17) is 9.47 Å². The van der Waals surface area contributed by atoms with Crippen LogP contribution in [0.25, 0.3) is 0 Å². The van der Waals surface area contributed by atoms with Crippen LogP contribution >= 0.6 is 0 Å². The Morgan fingerprint density at radius 3 is 2.68 bits per heavy atom. The highest BCUT2D eigenvalue weighted by Crippen LogP contribution is 2.66. The number of hydrogen-bond donors (Lipinski definition) is 1. The largest absolute Gasteiger partial charge is 0.483 e. The van der Waals surface area contributed by atoms with Crippen LogP contribution in [0.15, 0.2) is 55.1 Å². The van der Waals surface area contributed by atoms with Gasteiger partial charge < -0.3 is 14.6 Å². The Morgan fingerprint density at radius 1 is 1.24 bits per heavy atom. The maximum Gasteiger partial charge on any atom is 0.308 e. The number of ether oxygens (including phenoxy) is 2. The van der Waals surface area contributed by atoms with Crippen LogP contribution in [-0.4, -0.2) is 72.1 Å². The van der Waals surface area contributed by atoms with Gasteiger partial charge in [0.15, 0.2) is 11.5 Å². The summed E-state index contributed by atoms with van der Waals surface area (Å²) in [7, 11) is -3.74. The van der Waals surface area contributed by atoms with Gasteiger partial charge in [-0.15, -0.1) is 6.58 Å². The van der Waals surface area contributed by atoms with Gasteiger partial charge in [0, 0.05) is 31.6 Å². The summed E-state index contributed by atoms with van der Waals surface area (Å²) in [5, 5.41) is 12.8. The molecule has 2 fully saturated rings. The van der Waals surface area contributed by atoms with Crippen molar-refractivity contribution in [3.8, 4) is 11.5 Å². The molecule has 1 saturated carbocycles. The van der Waals surface area contributed by atoms with Gasteiger partial charge in [0.25, 0.3) is 0 Å². The zero-order valence-electron chi connectivity index (χ0n) is 24.1. The molecule has 1 N–H and O–H groups in total. The van der Waals surface area contributed by atoms with E-state index >= 15 is 0 Å². The second-order valence-corrected chi connectivity index (χ2v) is 14.4. The van der Waals surface area contributed by atoms with Gasteiger partial charge >= 0.3 is 5.97 Å². The lowest BCUT2D eigenvalue weighted by Gasteiger charge is -2.64. The molecule has 0 radical (unpaired) electrons. The molecule has 2 aromatic carbocycles. The molecule has 6 rings (SSSR count). The van der Waals surface area contributed by atoms with E-state index in [1.165, 1.54) is 6.92 Å². The van der Waals surface area contributed by atoms with Crippen molar-refractivity contribution in [2.24, 2.45) is 5.92 Å². The van der Waals surface area contributed by atoms with Crippen LogP contribution in [0.2, 0.25) is 0 Å². The van der Waals surface area contributed by atoms with Gasteiger partial charge in [0.1, 0.15) is 6.10 Å². The van der Waals surface area contributed by atoms with E-state index in [0.29, 0.717) is 50.3 Å². The summed E-state index contributed by atoms with van der Waals surface area (Å²) in [4.78, 5) is 14.3. The Kier molecular flexibility index (Phi) is 7.08. The summed E-state index contributed by atoms with van der Waals surface area (Å²) in [6.45, 7) is 11.1. The molecule has 220 valence electrons. The van der Waals surface area contributed by atoms with Gasteiger partial charge in [0.2, 0.25) is 10.0 Å². The molecule has 2 aromatic rings. The van der Waals surface area contributed by atoms with Crippen LogP contribution in [0.4, 0.5) is 0 Å². The topological polar surface area (TPSA) is 96.4 Å². The van der Waals surface area contributed by atoms with Crippen molar-refractivity contribution in [1.29, 1.82) is 0 Å². The second-order valence-electron chi connectivity index (χ2n) is 12.5. The van der Waals surface area contributed by atoms with Crippen LogP contribution in [0, 0.1) is 5.92 Å². The fourth-order valence-corrected chi connectivity index (χ4v) is 10.1. The number of piperidine rings is 1. The molecule has 9 heteroatoms. The smallest absolute Gasteiger partial charge is 0.308 e. The number of benzene rings is 2. The number of likely N-dealkylation sites (tertiary alicyclic amines) is 1. The fourth-order valence-electron chi connectivity index (χ4n) is 8.19. The molecule has 5 atom stereocenters. The highest BCUT2D eigenvalue weighted by atomic mass is 32.2. The molecule has 0 aromatic heterocycles. The first-order chi connectivity index (χ1) is 19.5. The van der Waals surface area contributed by atoms with Crippen LogP contribution in [0.3, 0.4) is 0 Å². The van der Waals surface area contributed by atoms with E-state index in [0.717, 1.165) is 23.2 Å². The third-order valence-corrected chi connectivity index (χ3v) is 11.4. The number of hydrogen-bond acceptors (Lipinski definition) is 7. The highest BCUT2D eigenvalue weighted by molar-refractivity contribution is 7.88. The van der Waals surface area contributed by atoms with Crippen LogP contribution < -0.4 is 9.47 Å². The SMILES string of the molecule is C=CCN1CC[C@]23c4c5ccc(OC(C)=O)c4OC2[C@@H](N(CC(C)C)S(=O)(=O)Cc2ccccc2)CC[C@@]3(O)[C@H]1C5. The monoisotopic (exact) mass is 580 g/mol. The number of nitrogens with zero attached hydrogens (tertiary/aromatic N) is 2. The van der Waals surface area contributed by atoms with Crippen molar-refractivity contribution in [2.45, 2.75) is 81.4 Å². The molecule has 2 aliphatic heterocycles. The lowest BCUT2D eigenvalue weighted by molar-refractivity contribution is -0.194. The number of aliphatic hydroxyl groups is 1. The predicted octanol–water partition coefficient (Wildman–Crippen LogP) is 3.81. The minimum atomic E-state index is -3.74. The maximum atomic E-state index is 14.2. The van der Waals surface area contributed by atoms with E-state index < -0.39 is 39.2 Å². The summed E-state index contributed by atoms with van der Waals surface area (Å²) in [6.07, 6.45) is 3.41. The number of rotatable bonds is 9. The molecule has 2 aliphatic carbocycles.